The number of likely N-dealkylation sites (tertiary alicyclic amines) is 1. The van der Waals surface area contributed by atoms with Crippen LogP contribution >= 0.6 is 0 Å². The van der Waals surface area contributed by atoms with Crippen molar-refractivity contribution in [2.45, 2.75) is 46.6 Å². The van der Waals surface area contributed by atoms with Gasteiger partial charge in [-0.25, -0.2) is 4.90 Å². The van der Waals surface area contributed by atoms with Crippen LogP contribution in [0.3, 0.4) is 0 Å². The Kier molecular flexibility index (Phi) is 6.72. The Bertz CT molecular complexity index is 1060. The van der Waals surface area contributed by atoms with Gasteiger partial charge in [0.2, 0.25) is 0 Å². The normalized spacial score (nSPS) is 19.0. The van der Waals surface area contributed by atoms with Gasteiger partial charge in [-0.1, -0.05) is 31.2 Å². The van der Waals surface area contributed by atoms with Crippen LogP contribution in [0.25, 0.3) is 5.57 Å². The summed E-state index contributed by atoms with van der Waals surface area (Å²) in [5.41, 5.74) is 2.12. The number of benzene rings is 2. The van der Waals surface area contributed by atoms with Crippen LogP contribution in [0, 0.1) is 5.92 Å². The highest BCUT2D eigenvalue weighted by molar-refractivity contribution is 6.45. The highest BCUT2D eigenvalue weighted by Crippen LogP contribution is 2.40. The van der Waals surface area contributed by atoms with Crippen molar-refractivity contribution in [3.8, 4) is 11.5 Å². The largest absolute Gasteiger partial charge is 0.492 e. The monoisotopic (exact) mass is 448 g/mol. The van der Waals surface area contributed by atoms with Crippen molar-refractivity contribution in [1.82, 2.24) is 4.90 Å². The lowest BCUT2D eigenvalue weighted by atomic mass is 9.97. The van der Waals surface area contributed by atoms with Gasteiger partial charge in [0.05, 0.1) is 24.0 Å². The zero-order chi connectivity index (χ0) is 23.5. The Morgan fingerprint density at radius 2 is 1.76 bits per heavy atom. The van der Waals surface area contributed by atoms with Gasteiger partial charge in [0.25, 0.3) is 11.8 Å². The van der Waals surface area contributed by atoms with E-state index in [1.165, 1.54) is 4.90 Å². The first-order valence-corrected chi connectivity index (χ1v) is 11.8. The topological polar surface area (TPSA) is 59.1 Å². The fraction of sp³-hybridized carbons (Fsp3) is 0.407. The van der Waals surface area contributed by atoms with Gasteiger partial charge in [0.1, 0.15) is 17.2 Å². The number of nitrogens with zero attached hydrogens (tertiary/aromatic N) is 2. The quantitative estimate of drug-likeness (QED) is 0.565. The van der Waals surface area contributed by atoms with Crippen molar-refractivity contribution in [3.05, 3.63) is 59.8 Å². The molecule has 2 aliphatic heterocycles. The molecule has 6 nitrogen and oxygen atoms in total. The summed E-state index contributed by atoms with van der Waals surface area (Å²) in [6.07, 6.45) is 2.18. The molecule has 1 unspecified atom stereocenters. The highest BCUT2D eigenvalue weighted by atomic mass is 16.5. The first-order valence-electron chi connectivity index (χ1n) is 11.8. The number of hydrogen-bond acceptors (Lipinski definition) is 5. The van der Waals surface area contributed by atoms with Crippen LogP contribution in [0.2, 0.25) is 0 Å². The lowest BCUT2D eigenvalue weighted by Gasteiger charge is -2.33. The third-order valence-electron chi connectivity index (χ3n) is 5.95. The molecule has 2 heterocycles. The fourth-order valence-corrected chi connectivity index (χ4v) is 4.57. The first-order chi connectivity index (χ1) is 15.9. The van der Waals surface area contributed by atoms with E-state index in [0.29, 0.717) is 40.8 Å². The molecule has 33 heavy (non-hydrogen) atoms. The number of hydrogen-bond donors (Lipinski definition) is 0. The molecule has 174 valence electrons. The van der Waals surface area contributed by atoms with Gasteiger partial charge >= 0.3 is 0 Å². The number of carbonyl (C=O) groups excluding carboxylic acids is 2. The maximum absolute atomic E-state index is 13.8. The van der Waals surface area contributed by atoms with Crippen molar-refractivity contribution in [2.75, 3.05) is 24.6 Å². The molecule has 0 spiro atoms. The number of ether oxygens (including phenoxy) is 2. The van der Waals surface area contributed by atoms with Crippen LogP contribution in [0.4, 0.5) is 5.69 Å². The SMILES string of the molecule is CCOc1ccccc1N1C(=O)C(c2ccc(OC(C)C)cc2)=C(N2CCCC(C)C2)C1=O. The Labute approximate surface area is 195 Å². The Morgan fingerprint density at radius 1 is 1.03 bits per heavy atom. The molecular formula is C27H32N2O4. The van der Waals surface area contributed by atoms with E-state index in [1.807, 2.05) is 57.2 Å². The van der Waals surface area contributed by atoms with E-state index >= 15 is 0 Å². The second-order valence-electron chi connectivity index (χ2n) is 8.95. The molecule has 6 heteroatoms. The fourth-order valence-electron chi connectivity index (χ4n) is 4.57. The molecule has 2 amide bonds. The van der Waals surface area contributed by atoms with E-state index in [4.69, 9.17) is 9.47 Å². The number of rotatable bonds is 7. The van der Waals surface area contributed by atoms with Crippen LogP contribution in [0.5, 0.6) is 11.5 Å². The van der Waals surface area contributed by atoms with E-state index in [0.717, 1.165) is 31.7 Å². The zero-order valence-electron chi connectivity index (χ0n) is 19.8. The molecule has 1 saturated heterocycles. The molecule has 0 saturated carbocycles. The Balaban J connectivity index is 1.79. The van der Waals surface area contributed by atoms with Crippen LogP contribution in [0.1, 0.15) is 46.1 Å². The number of amides is 2. The minimum atomic E-state index is -0.321. The molecule has 1 atom stereocenters. The van der Waals surface area contributed by atoms with Gasteiger partial charge < -0.3 is 14.4 Å². The predicted molar refractivity (Wildman–Crippen MR) is 129 cm³/mol. The summed E-state index contributed by atoms with van der Waals surface area (Å²) in [7, 11) is 0. The lowest BCUT2D eigenvalue weighted by molar-refractivity contribution is -0.120. The molecule has 2 aliphatic rings. The summed E-state index contributed by atoms with van der Waals surface area (Å²) in [4.78, 5) is 31.0. The molecule has 1 fully saturated rings. The van der Waals surface area contributed by atoms with Crippen LogP contribution in [-0.4, -0.2) is 42.5 Å². The van der Waals surface area contributed by atoms with E-state index < -0.39 is 0 Å². The van der Waals surface area contributed by atoms with Crippen molar-refractivity contribution < 1.29 is 19.1 Å². The van der Waals surface area contributed by atoms with E-state index in [9.17, 15) is 9.59 Å². The molecule has 0 N–H and O–H groups in total. The number of para-hydroxylation sites is 2. The first kappa shape index (κ1) is 22.9. The Morgan fingerprint density at radius 3 is 2.42 bits per heavy atom. The lowest BCUT2D eigenvalue weighted by Crippen LogP contribution is -2.39. The van der Waals surface area contributed by atoms with Crippen LogP contribution < -0.4 is 14.4 Å². The predicted octanol–water partition coefficient (Wildman–Crippen LogP) is 4.89. The van der Waals surface area contributed by atoms with Crippen LogP contribution in [0.15, 0.2) is 54.2 Å². The second-order valence-corrected chi connectivity index (χ2v) is 8.95. The molecule has 0 bridgehead atoms. The van der Waals surface area contributed by atoms with Gasteiger partial charge in [-0.2, -0.15) is 0 Å². The third kappa shape index (κ3) is 4.61. The maximum atomic E-state index is 13.8. The summed E-state index contributed by atoms with van der Waals surface area (Å²) >= 11 is 0. The van der Waals surface area contributed by atoms with Crippen molar-refractivity contribution >= 4 is 23.1 Å². The summed E-state index contributed by atoms with van der Waals surface area (Å²) in [5, 5.41) is 0. The molecule has 4 rings (SSSR count). The number of piperidine rings is 1. The van der Waals surface area contributed by atoms with Gasteiger partial charge in [-0.3, -0.25) is 9.59 Å². The van der Waals surface area contributed by atoms with Crippen molar-refractivity contribution in [2.24, 2.45) is 5.92 Å². The highest BCUT2D eigenvalue weighted by Gasteiger charge is 2.44. The summed E-state index contributed by atoms with van der Waals surface area (Å²) in [6, 6.07) is 14.7. The molecule has 0 aromatic heterocycles. The Hall–Kier alpha value is -3.28. The van der Waals surface area contributed by atoms with Gasteiger partial charge in [-0.15, -0.1) is 0 Å². The second kappa shape index (κ2) is 9.69. The molecule has 2 aromatic carbocycles. The molecule has 0 radical (unpaired) electrons. The van der Waals surface area contributed by atoms with Crippen LogP contribution in [-0.2, 0) is 9.59 Å². The van der Waals surface area contributed by atoms with E-state index in [1.54, 1.807) is 12.1 Å². The number of carbonyl (C=O) groups is 2. The average Bonchev–Trinajstić information content (AvgIpc) is 3.04. The van der Waals surface area contributed by atoms with Gasteiger partial charge in [0, 0.05) is 13.1 Å². The van der Waals surface area contributed by atoms with Gasteiger partial charge in [0.15, 0.2) is 0 Å². The van der Waals surface area contributed by atoms with Crippen molar-refractivity contribution in [3.63, 3.8) is 0 Å². The number of imide groups is 1. The average molecular weight is 449 g/mol. The zero-order valence-corrected chi connectivity index (χ0v) is 19.8. The molecule has 0 aliphatic carbocycles. The minimum absolute atomic E-state index is 0.0562. The van der Waals surface area contributed by atoms with E-state index in [2.05, 4.69) is 11.8 Å². The molecular weight excluding hydrogens is 416 g/mol. The number of anilines is 1. The molecule has 2 aromatic rings. The summed E-state index contributed by atoms with van der Waals surface area (Å²) < 4.78 is 11.5. The van der Waals surface area contributed by atoms with E-state index in [-0.39, 0.29) is 17.9 Å². The standard InChI is InChI=1S/C27H32N2O4/c1-5-32-23-11-7-6-10-22(23)29-26(30)24(20-12-14-21(15-13-20)33-18(2)3)25(27(29)31)28-16-8-9-19(4)17-28/h6-7,10-15,18-19H,5,8-9,16-17H2,1-4H3. The third-order valence-corrected chi connectivity index (χ3v) is 5.95. The van der Waals surface area contributed by atoms with Crippen molar-refractivity contribution in [1.29, 1.82) is 0 Å². The maximum Gasteiger partial charge on any atom is 0.282 e. The summed E-state index contributed by atoms with van der Waals surface area (Å²) in [6.45, 7) is 9.98. The minimum Gasteiger partial charge on any atom is -0.492 e. The summed E-state index contributed by atoms with van der Waals surface area (Å²) in [5.74, 6) is 1.10. The van der Waals surface area contributed by atoms with Gasteiger partial charge in [-0.05, 0) is 69.4 Å². The smallest absolute Gasteiger partial charge is 0.282 e.